The summed E-state index contributed by atoms with van der Waals surface area (Å²) in [7, 11) is 0. The van der Waals surface area contributed by atoms with E-state index in [4.69, 9.17) is 0 Å². The van der Waals surface area contributed by atoms with Crippen molar-refractivity contribution in [3.63, 3.8) is 0 Å². The van der Waals surface area contributed by atoms with Gasteiger partial charge in [-0.25, -0.2) is 0 Å². The summed E-state index contributed by atoms with van der Waals surface area (Å²) in [6.45, 7) is 3.23. The van der Waals surface area contributed by atoms with Crippen molar-refractivity contribution in [2.45, 2.75) is 19.4 Å². The van der Waals surface area contributed by atoms with Crippen molar-refractivity contribution in [1.29, 1.82) is 0 Å². The summed E-state index contributed by atoms with van der Waals surface area (Å²) < 4.78 is 0. The Kier molecular flexibility index (Phi) is 4.47. The normalized spacial score (nSPS) is 17.0. The Bertz CT molecular complexity index is 795. The number of aliphatic hydroxyl groups is 1. The topological polar surface area (TPSA) is 26.7 Å². The van der Waals surface area contributed by atoms with Gasteiger partial charge in [0.05, 0.1) is 6.54 Å². The molecule has 25 heavy (non-hydrogen) atoms. The highest BCUT2D eigenvalue weighted by Crippen LogP contribution is 2.28. The van der Waals surface area contributed by atoms with Crippen molar-refractivity contribution >= 4 is 5.69 Å². The van der Waals surface area contributed by atoms with Gasteiger partial charge >= 0.3 is 0 Å². The number of hydrogen-bond donors (Lipinski definition) is 1. The number of aryl methyl sites for hydroxylation is 1. The monoisotopic (exact) mass is 332 g/mol. The molecule has 0 amide bonds. The summed E-state index contributed by atoms with van der Waals surface area (Å²) in [5.74, 6) is 0.487. The van der Waals surface area contributed by atoms with E-state index >= 15 is 0 Å². The summed E-state index contributed by atoms with van der Waals surface area (Å²) in [6, 6.07) is 19.0. The lowest BCUT2D eigenvalue weighted by molar-refractivity contribution is 0.296. The SMILES string of the molecule is OC1=C(CN2CCCc3ccccc32)C=CN(Cc2ccccc2)C1. The Hall–Kier alpha value is -2.68. The van der Waals surface area contributed by atoms with Crippen molar-refractivity contribution in [3.05, 3.63) is 89.3 Å². The zero-order chi connectivity index (χ0) is 17.1. The smallest absolute Gasteiger partial charge is 0.117 e. The van der Waals surface area contributed by atoms with Crippen LogP contribution in [0.2, 0.25) is 0 Å². The van der Waals surface area contributed by atoms with Gasteiger partial charge in [0, 0.05) is 37.1 Å². The van der Waals surface area contributed by atoms with E-state index in [-0.39, 0.29) is 0 Å². The Morgan fingerprint density at radius 2 is 1.72 bits per heavy atom. The van der Waals surface area contributed by atoms with Gasteiger partial charge in [-0.2, -0.15) is 0 Å². The van der Waals surface area contributed by atoms with E-state index in [1.807, 2.05) is 6.07 Å². The van der Waals surface area contributed by atoms with Crippen LogP contribution in [0.5, 0.6) is 0 Å². The van der Waals surface area contributed by atoms with E-state index in [1.54, 1.807) is 0 Å². The number of anilines is 1. The van der Waals surface area contributed by atoms with Gasteiger partial charge in [0.2, 0.25) is 0 Å². The molecule has 0 radical (unpaired) electrons. The maximum Gasteiger partial charge on any atom is 0.117 e. The van der Waals surface area contributed by atoms with Crippen molar-refractivity contribution in [2.75, 3.05) is 24.5 Å². The first kappa shape index (κ1) is 15.8. The molecule has 2 aromatic carbocycles. The second-order valence-electron chi connectivity index (χ2n) is 6.83. The third kappa shape index (κ3) is 3.55. The van der Waals surface area contributed by atoms with Crippen LogP contribution in [0, 0.1) is 0 Å². The van der Waals surface area contributed by atoms with Crippen LogP contribution in [0.1, 0.15) is 17.5 Å². The molecule has 2 aromatic rings. The average molecular weight is 332 g/mol. The largest absolute Gasteiger partial charge is 0.510 e. The molecule has 0 aromatic heterocycles. The van der Waals surface area contributed by atoms with Crippen molar-refractivity contribution in [3.8, 4) is 0 Å². The molecule has 0 saturated heterocycles. The molecule has 2 aliphatic rings. The fourth-order valence-electron chi connectivity index (χ4n) is 3.69. The minimum Gasteiger partial charge on any atom is -0.510 e. The predicted molar refractivity (Wildman–Crippen MR) is 103 cm³/mol. The van der Waals surface area contributed by atoms with Gasteiger partial charge in [-0.15, -0.1) is 0 Å². The third-order valence-corrected chi connectivity index (χ3v) is 5.01. The molecule has 2 aliphatic heterocycles. The van der Waals surface area contributed by atoms with Crippen LogP contribution in [-0.2, 0) is 13.0 Å². The maximum absolute atomic E-state index is 10.6. The first-order valence-electron chi connectivity index (χ1n) is 8.99. The lowest BCUT2D eigenvalue weighted by Crippen LogP contribution is -2.33. The minimum absolute atomic E-state index is 0.487. The van der Waals surface area contributed by atoms with Gasteiger partial charge < -0.3 is 14.9 Å². The molecule has 0 fully saturated rings. The Morgan fingerprint density at radius 1 is 0.920 bits per heavy atom. The molecule has 2 heterocycles. The molecule has 0 spiro atoms. The van der Waals surface area contributed by atoms with Crippen LogP contribution in [0.15, 0.2) is 78.2 Å². The van der Waals surface area contributed by atoms with Crippen LogP contribution in [0.4, 0.5) is 5.69 Å². The van der Waals surface area contributed by atoms with E-state index < -0.39 is 0 Å². The number of nitrogens with zero attached hydrogens (tertiary/aromatic N) is 2. The molecule has 4 rings (SSSR count). The fraction of sp³-hybridized carbons (Fsp3) is 0.273. The van der Waals surface area contributed by atoms with Crippen LogP contribution < -0.4 is 4.90 Å². The number of para-hydroxylation sites is 1. The Labute approximate surface area is 149 Å². The molecule has 0 bridgehead atoms. The summed E-state index contributed by atoms with van der Waals surface area (Å²) in [4.78, 5) is 4.54. The zero-order valence-corrected chi connectivity index (χ0v) is 14.4. The van der Waals surface area contributed by atoms with Crippen molar-refractivity contribution in [1.82, 2.24) is 4.90 Å². The third-order valence-electron chi connectivity index (χ3n) is 5.01. The Morgan fingerprint density at radius 3 is 2.56 bits per heavy atom. The first-order chi connectivity index (χ1) is 12.3. The molecule has 0 atom stereocenters. The fourth-order valence-corrected chi connectivity index (χ4v) is 3.69. The van der Waals surface area contributed by atoms with Crippen LogP contribution in [0.3, 0.4) is 0 Å². The van der Waals surface area contributed by atoms with Crippen LogP contribution >= 0.6 is 0 Å². The molecule has 0 unspecified atom stereocenters. The first-order valence-corrected chi connectivity index (χ1v) is 8.99. The zero-order valence-electron chi connectivity index (χ0n) is 14.4. The van der Waals surface area contributed by atoms with Gasteiger partial charge in [0.15, 0.2) is 0 Å². The van der Waals surface area contributed by atoms with E-state index in [0.717, 1.165) is 31.6 Å². The highest BCUT2D eigenvalue weighted by atomic mass is 16.3. The maximum atomic E-state index is 10.6. The molecule has 3 nitrogen and oxygen atoms in total. The second kappa shape index (κ2) is 7.06. The molecular formula is C22H24N2O. The van der Waals surface area contributed by atoms with Gasteiger partial charge in [-0.05, 0) is 36.1 Å². The van der Waals surface area contributed by atoms with Gasteiger partial charge in [-0.1, -0.05) is 48.5 Å². The average Bonchev–Trinajstić information content (AvgIpc) is 2.65. The van der Waals surface area contributed by atoms with E-state index in [1.165, 1.54) is 23.2 Å². The molecule has 0 saturated carbocycles. The quantitative estimate of drug-likeness (QED) is 0.905. The molecule has 1 N–H and O–H groups in total. The van der Waals surface area contributed by atoms with Crippen LogP contribution in [0.25, 0.3) is 0 Å². The number of rotatable bonds is 4. The summed E-state index contributed by atoms with van der Waals surface area (Å²) in [6.07, 6.45) is 6.50. The number of fused-ring (bicyclic) bond motifs is 1. The predicted octanol–water partition coefficient (Wildman–Crippen LogP) is 4.28. The van der Waals surface area contributed by atoms with Gasteiger partial charge in [0.25, 0.3) is 0 Å². The molecule has 128 valence electrons. The summed E-state index contributed by atoms with van der Waals surface area (Å²) in [5, 5.41) is 10.6. The summed E-state index contributed by atoms with van der Waals surface area (Å²) >= 11 is 0. The molecular weight excluding hydrogens is 308 g/mol. The molecule has 0 aliphatic carbocycles. The van der Waals surface area contributed by atoms with E-state index in [2.05, 4.69) is 70.6 Å². The van der Waals surface area contributed by atoms with Crippen molar-refractivity contribution in [2.24, 2.45) is 0 Å². The summed E-state index contributed by atoms with van der Waals surface area (Å²) in [5.41, 5.74) is 5.02. The van der Waals surface area contributed by atoms with Gasteiger partial charge in [-0.3, -0.25) is 0 Å². The van der Waals surface area contributed by atoms with Crippen molar-refractivity contribution < 1.29 is 5.11 Å². The minimum atomic E-state index is 0.487. The van der Waals surface area contributed by atoms with Gasteiger partial charge in [0.1, 0.15) is 5.76 Å². The highest BCUT2D eigenvalue weighted by molar-refractivity contribution is 5.57. The van der Waals surface area contributed by atoms with E-state index in [0.29, 0.717) is 12.3 Å². The van der Waals surface area contributed by atoms with E-state index in [9.17, 15) is 5.11 Å². The molecule has 3 heteroatoms. The number of benzene rings is 2. The van der Waals surface area contributed by atoms with Crippen LogP contribution in [-0.4, -0.2) is 29.6 Å². The highest BCUT2D eigenvalue weighted by Gasteiger charge is 2.20. The lowest BCUT2D eigenvalue weighted by atomic mass is 10.0. The second-order valence-corrected chi connectivity index (χ2v) is 6.83. The lowest BCUT2D eigenvalue weighted by Gasteiger charge is -2.33. The standard InChI is InChI=1S/C22H24N2O/c25-22-17-23(15-18-7-2-1-3-8-18)14-12-20(22)16-24-13-6-10-19-9-4-5-11-21(19)24/h1-5,7-9,11-12,14,25H,6,10,13,15-17H2. The number of hydrogen-bond acceptors (Lipinski definition) is 3. The Balaban J connectivity index is 1.44. The number of aliphatic hydroxyl groups excluding tert-OH is 1.